The van der Waals surface area contributed by atoms with Gasteiger partial charge in [0, 0.05) is 67.1 Å². The number of carbonyl (C=O) groups excluding carboxylic acids is 1. The van der Waals surface area contributed by atoms with Gasteiger partial charge in [-0.2, -0.15) is 0 Å². The fourth-order valence-corrected chi connectivity index (χ4v) is 4.34. The Kier molecular flexibility index (Phi) is 6.62. The summed E-state index contributed by atoms with van der Waals surface area (Å²) in [5.74, 6) is -0.130. The summed E-state index contributed by atoms with van der Waals surface area (Å²) in [5, 5.41) is 3.79. The molecule has 0 radical (unpaired) electrons. The molecular weight excluding hydrogens is 441 g/mol. The number of hydrogen-bond acceptors (Lipinski definition) is 5. The van der Waals surface area contributed by atoms with Crippen molar-refractivity contribution in [2.24, 2.45) is 0 Å². The Labute approximate surface area is 193 Å². The van der Waals surface area contributed by atoms with Gasteiger partial charge >= 0.3 is 0 Å². The molecule has 0 aliphatic carbocycles. The molecule has 0 saturated heterocycles. The number of amides is 1. The quantitative estimate of drug-likeness (QED) is 0.453. The van der Waals surface area contributed by atoms with Gasteiger partial charge in [-0.05, 0) is 25.2 Å². The number of likely N-dealkylation sites (N-methyl/N-ethyl adjacent to an activating group) is 2. The summed E-state index contributed by atoms with van der Waals surface area (Å²) in [5.41, 5.74) is 2.15. The second kappa shape index (κ2) is 9.60. The van der Waals surface area contributed by atoms with Crippen LogP contribution in [-0.4, -0.2) is 63.0 Å². The number of aromatic nitrogens is 3. The maximum Gasteiger partial charge on any atom is 0.253 e. The number of carbonyl (C=O) groups is 1. The molecule has 0 aliphatic heterocycles. The molecule has 0 spiro atoms. The highest BCUT2D eigenvalue weighted by Crippen LogP contribution is 2.28. The number of fused-ring (bicyclic) bond motifs is 1. The van der Waals surface area contributed by atoms with Gasteiger partial charge in [-0.25, -0.2) is 14.4 Å². The average molecular weight is 466 g/mol. The van der Waals surface area contributed by atoms with Crippen LogP contribution in [0.5, 0.6) is 0 Å². The molecule has 7 nitrogen and oxygen atoms in total. The molecule has 1 unspecified atom stereocenters. The third-order valence-electron chi connectivity index (χ3n) is 5.41. The van der Waals surface area contributed by atoms with Gasteiger partial charge in [0.2, 0.25) is 5.95 Å². The van der Waals surface area contributed by atoms with E-state index in [0.717, 1.165) is 5.39 Å². The second-order valence-electron chi connectivity index (χ2n) is 7.63. The Balaban J connectivity index is 1.77. The minimum Gasteiger partial charge on any atom is -0.340 e. The van der Waals surface area contributed by atoms with Crippen LogP contribution in [-0.2, 0) is 10.8 Å². The first-order valence-electron chi connectivity index (χ1n) is 10.4. The second-order valence-corrected chi connectivity index (χ2v) is 8.98. The number of rotatable bonds is 7. The lowest BCUT2D eigenvalue weighted by Crippen LogP contribution is -2.32. The van der Waals surface area contributed by atoms with Gasteiger partial charge in [0.15, 0.2) is 0 Å². The van der Waals surface area contributed by atoms with Crippen molar-refractivity contribution in [1.82, 2.24) is 24.8 Å². The predicted octanol–water partition coefficient (Wildman–Crippen LogP) is 3.26. The van der Waals surface area contributed by atoms with Gasteiger partial charge in [-0.15, -0.1) is 0 Å². The van der Waals surface area contributed by atoms with Gasteiger partial charge < -0.3 is 10.2 Å². The van der Waals surface area contributed by atoms with Gasteiger partial charge in [-0.1, -0.05) is 24.3 Å². The summed E-state index contributed by atoms with van der Waals surface area (Å²) in [6.07, 6.45) is 6.43. The van der Waals surface area contributed by atoms with Crippen LogP contribution in [0, 0.1) is 5.82 Å². The van der Waals surface area contributed by atoms with Gasteiger partial charge in [-0.3, -0.25) is 13.6 Å². The highest BCUT2D eigenvalue weighted by atomic mass is 32.2. The van der Waals surface area contributed by atoms with Gasteiger partial charge in [0.05, 0.1) is 21.2 Å². The molecule has 4 rings (SSSR count). The number of halogens is 1. The zero-order valence-corrected chi connectivity index (χ0v) is 19.4. The van der Waals surface area contributed by atoms with E-state index in [4.69, 9.17) is 0 Å². The van der Waals surface area contributed by atoms with Crippen molar-refractivity contribution in [2.75, 3.05) is 33.4 Å². The third kappa shape index (κ3) is 4.55. The van der Waals surface area contributed by atoms with E-state index in [1.54, 1.807) is 77.8 Å². The van der Waals surface area contributed by atoms with Crippen LogP contribution in [0.3, 0.4) is 0 Å². The van der Waals surface area contributed by atoms with Crippen molar-refractivity contribution in [3.05, 3.63) is 72.4 Å². The maximum atomic E-state index is 14.1. The maximum absolute atomic E-state index is 14.1. The van der Waals surface area contributed by atoms with E-state index in [0.29, 0.717) is 46.1 Å². The van der Waals surface area contributed by atoms with E-state index < -0.39 is 10.8 Å². The minimum atomic E-state index is -1.25. The molecule has 0 bridgehead atoms. The molecule has 2 aromatic heterocycles. The molecule has 1 amide bonds. The fraction of sp³-hybridized carbons (Fsp3) is 0.208. The molecule has 1 atom stereocenters. The Morgan fingerprint density at radius 1 is 1.18 bits per heavy atom. The van der Waals surface area contributed by atoms with Crippen LogP contribution >= 0.6 is 0 Å². The lowest BCUT2D eigenvalue weighted by atomic mass is 10.1. The topological polar surface area (TPSA) is 80.1 Å². The summed E-state index contributed by atoms with van der Waals surface area (Å²) in [4.78, 5) is 24.0. The molecular formula is C24H24FN5O2S. The summed E-state index contributed by atoms with van der Waals surface area (Å²) >= 11 is 0. The van der Waals surface area contributed by atoms with Crippen molar-refractivity contribution in [1.29, 1.82) is 0 Å². The minimum absolute atomic E-state index is 0.116. The fourth-order valence-electron chi connectivity index (χ4n) is 3.60. The van der Waals surface area contributed by atoms with Gasteiger partial charge in [0.1, 0.15) is 5.82 Å². The molecule has 170 valence electrons. The van der Waals surface area contributed by atoms with Crippen molar-refractivity contribution in [3.8, 4) is 17.1 Å². The monoisotopic (exact) mass is 465 g/mol. The third-order valence-corrected chi connectivity index (χ3v) is 6.35. The summed E-state index contributed by atoms with van der Waals surface area (Å²) in [7, 11) is 2.33. The largest absolute Gasteiger partial charge is 0.340 e. The number of hydrogen-bond donors (Lipinski definition) is 1. The highest BCUT2D eigenvalue weighted by molar-refractivity contribution is 7.84. The molecule has 0 saturated carbocycles. The molecule has 9 heteroatoms. The number of benzene rings is 2. The standard InChI is InChI=1S/C24H24FN5O2S/c1-26-10-11-29(2)23(31)16-8-9-19-21(12-16)30(15-22(19)33(3)32)24-27-13-17(14-28-24)18-6-4-5-7-20(18)25/h4-9,12-15,26H,10-11H2,1-3H3. The first kappa shape index (κ1) is 22.8. The summed E-state index contributed by atoms with van der Waals surface area (Å²) in [6, 6.07) is 11.7. The zero-order valence-electron chi connectivity index (χ0n) is 18.6. The van der Waals surface area contributed by atoms with Gasteiger partial charge in [0.25, 0.3) is 5.91 Å². The summed E-state index contributed by atoms with van der Waals surface area (Å²) in [6.45, 7) is 1.25. The van der Waals surface area contributed by atoms with Crippen molar-refractivity contribution in [2.45, 2.75) is 4.90 Å². The molecule has 4 aromatic rings. The molecule has 2 aromatic carbocycles. The van der Waals surface area contributed by atoms with Crippen LogP contribution < -0.4 is 5.32 Å². The summed E-state index contributed by atoms with van der Waals surface area (Å²) < 4.78 is 28.2. The Hall–Kier alpha value is -3.43. The van der Waals surface area contributed by atoms with Crippen LogP contribution in [0.2, 0.25) is 0 Å². The van der Waals surface area contributed by atoms with Crippen LogP contribution in [0.15, 0.2) is 66.0 Å². The van der Waals surface area contributed by atoms with Crippen LogP contribution in [0.1, 0.15) is 10.4 Å². The lowest BCUT2D eigenvalue weighted by Gasteiger charge is -2.17. The number of nitrogens with one attached hydrogen (secondary N) is 1. The molecule has 2 heterocycles. The highest BCUT2D eigenvalue weighted by Gasteiger charge is 2.18. The SMILES string of the molecule is CNCCN(C)C(=O)c1ccc2c(S(C)=O)cn(-c3ncc(-c4ccccc4F)cn3)c2c1. The Morgan fingerprint density at radius 2 is 1.91 bits per heavy atom. The smallest absolute Gasteiger partial charge is 0.253 e. The van der Waals surface area contributed by atoms with Crippen LogP contribution in [0.25, 0.3) is 28.0 Å². The zero-order chi connectivity index (χ0) is 23.5. The Bertz CT molecular complexity index is 1340. The van der Waals surface area contributed by atoms with Crippen molar-refractivity contribution in [3.63, 3.8) is 0 Å². The average Bonchev–Trinajstić information content (AvgIpc) is 3.21. The van der Waals surface area contributed by atoms with E-state index in [9.17, 15) is 13.4 Å². The van der Waals surface area contributed by atoms with Crippen LogP contribution in [0.4, 0.5) is 4.39 Å². The molecule has 33 heavy (non-hydrogen) atoms. The first-order chi connectivity index (χ1) is 15.9. The van der Waals surface area contributed by atoms with Crippen molar-refractivity contribution < 1.29 is 13.4 Å². The van der Waals surface area contributed by atoms with E-state index >= 15 is 0 Å². The first-order valence-corrected chi connectivity index (χ1v) is 11.9. The molecule has 0 fully saturated rings. The van der Waals surface area contributed by atoms with Crippen molar-refractivity contribution >= 4 is 27.6 Å². The van der Waals surface area contributed by atoms with E-state index in [-0.39, 0.29) is 11.7 Å². The Morgan fingerprint density at radius 3 is 2.58 bits per heavy atom. The van der Waals surface area contributed by atoms with E-state index in [2.05, 4.69) is 15.3 Å². The normalized spacial score (nSPS) is 12.1. The molecule has 1 N–H and O–H groups in total. The van der Waals surface area contributed by atoms with E-state index in [1.807, 2.05) is 7.05 Å². The predicted molar refractivity (Wildman–Crippen MR) is 127 cm³/mol. The number of nitrogens with zero attached hydrogens (tertiary/aromatic N) is 4. The van der Waals surface area contributed by atoms with E-state index in [1.165, 1.54) is 6.07 Å². The lowest BCUT2D eigenvalue weighted by molar-refractivity contribution is 0.0797. The molecule has 0 aliphatic rings.